The molecule has 3 rings (SSSR count). The van der Waals surface area contributed by atoms with Crippen molar-refractivity contribution in [2.45, 2.75) is 18.9 Å². The van der Waals surface area contributed by atoms with Crippen LogP contribution < -0.4 is 15.5 Å². The van der Waals surface area contributed by atoms with Gasteiger partial charge in [-0.1, -0.05) is 24.3 Å². The minimum Gasteiger partial charge on any atom is -0.362 e. The van der Waals surface area contributed by atoms with E-state index < -0.39 is 5.92 Å². The molecule has 1 aliphatic heterocycles. The van der Waals surface area contributed by atoms with Crippen LogP contribution in [0.4, 0.5) is 11.5 Å². The number of nitrogens with one attached hydrogen (secondary N) is 2. The Morgan fingerprint density at radius 1 is 1.29 bits per heavy atom. The smallest absolute Gasteiger partial charge is 0.228 e. The monoisotopic (exact) mass is 324 g/mol. The van der Waals surface area contributed by atoms with Gasteiger partial charge in [-0.05, 0) is 17.7 Å². The molecular formula is C18H20N4O2. The highest BCUT2D eigenvalue weighted by molar-refractivity contribution is 6.01. The fraction of sp³-hybridized carbons (Fsp3) is 0.278. The SMILES string of the molecule is CN(C)c1ncccc1CNC(=O)[C@H]1CC(=O)Nc2ccccc21. The van der Waals surface area contributed by atoms with Crippen molar-refractivity contribution in [2.75, 3.05) is 24.3 Å². The number of carbonyl (C=O) groups is 2. The van der Waals surface area contributed by atoms with Gasteiger partial charge in [-0.3, -0.25) is 9.59 Å². The van der Waals surface area contributed by atoms with E-state index in [1.807, 2.05) is 55.4 Å². The predicted octanol–water partition coefficient (Wildman–Crippen LogP) is 1.89. The van der Waals surface area contributed by atoms with Crippen LogP contribution in [-0.4, -0.2) is 30.9 Å². The number of hydrogen-bond donors (Lipinski definition) is 2. The molecule has 124 valence electrons. The van der Waals surface area contributed by atoms with Gasteiger partial charge in [0.05, 0.1) is 5.92 Å². The lowest BCUT2D eigenvalue weighted by molar-refractivity contribution is -0.126. The first-order chi connectivity index (χ1) is 11.6. The first-order valence-electron chi connectivity index (χ1n) is 7.84. The lowest BCUT2D eigenvalue weighted by Gasteiger charge is -2.25. The topological polar surface area (TPSA) is 74.3 Å². The highest BCUT2D eigenvalue weighted by atomic mass is 16.2. The number of carbonyl (C=O) groups excluding carboxylic acids is 2. The Bertz CT molecular complexity index is 773. The molecule has 0 fully saturated rings. The highest BCUT2D eigenvalue weighted by Gasteiger charge is 2.30. The maximum atomic E-state index is 12.6. The van der Waals surface area contributed by atoms with Crippen LogP contribution >= 0.6 is 0 Å². The highest BCUT2D eigenvalue weighted by Crippen LogP contribution is 2.32. The zero-order valence-corrected chi connectivity index (χ0v) is 13.7. The minimum atomic E-state index is -0.463. The van der Waals surface area contributed by atoms with Gasteiger partial charge in [0.15, 0.2) is 0 Å². The summed E-state index contributed by atoms with van der Waals surface area (Å²) >= 11 is 0. The number of pyridine rings is 1. The molecule has 1 atom stereocenters. The molecule has 24 heavy (non-hydrogen) atoms. The molecule has 0 saturated heterocycles. The van der Waals surface area contributed by atoms with Crippen molar-refractivity contribution >= 4 is 23.3 Å². The van der Waals surface area contributed by atoms with Gasteiger partial charge >= 0.3 is 0 Å². The maximum absolute atomic E-state index is 12.6. The molecule has 6 heteroatoms. The lowest BCUT2D eigenvalue weighted by atomic mass is 9.90. The summed E-state index contributed by atoms with van der Waals surface area (Å²) in [7, 11) is 3.82. The molecule has 1 aromatic heterocycles. The Kier molecular flexibility index (Phi) is 4.46. The van der Waals surface area contributed by atoms with Gasteiger partial charge < -0.3 is 15.5 Å². The van der Waals surface area contributed by atoms with Crippen molar-refractivity contribution in [3.05, 3.63) is 53.7 Å². The summed E-state index contributed by atoms with van der Waals surface area (Å²) in [4.78, 5) is 30.7. The second-order valence-electron chi connectivity index (χ2n) is 5.99. The summed E-state index contributed by atoms with van der Waals surface area (Å²) in [6.45, 7) is 0.375. The molecule has 2 N–H and O–H groups in total. The molecule has 1 aliphatic rings. The second-order valence-corrected chi connectivity index (χ2v) is 5.99. The van der Waals surface area contributed by atoms with E-state index in [-0.39, 0.29) is 18.2 Å². The van der Waals surface area contributed by atoms with Crippen LogP contribution in [0, 0.1) is 0 Å². The van der Waals surface area contributed by atoms with Gasteiger partial charge in [0.1, 0.15) is 5.82 Å². The molecule has 0 radical (unpaired) electrons. The molecule has 6 nitrogen and oxygen atoms in total. The number of nitrogens with zero attached hydrogens (tertiary/aromatic N) is 2. The van der Waals surface area contributed by atoms with Crippen LogP contribution in [-0.2, 0) is 16.1 Å². The molecule has 0 bridgehead atoms. The van der Waals surface area contributed by atoms with Crippen molar-refractivity contribution < 1.29 is 9.59 Å². The minimum absolute atomic E-state index is 0.135. The van der Waals surface area contributed by atoms with E-state index in [1.54, 1.807) is 6.20 Å². The summed E-state index contributed by atoms with van der Waals surface area (Å²) < 4.78 is 0. The molecule has 0 spiro atoms. The average Bonchev–Trinajstić information content (AvgIpc) is 2.59. The third-order valence-electron chi connectivity index (χ3n) is 4.06. The second kappa shape index (κ2) is 6.70. The van der Waals surface area contributed by atoms with Gasteiger partial charge in [0.25, 0.3) is 0 Å². The summed E-state index contributed by atoms with van der Waals surface area (Å²) in [5, 5.41) is 5.75. The molecule has 2 heterocycles. The third-order valence-corrected chi connectivity index (χ3v) is 4.06. The summed E-state index contributed by atoms with van der Waals surface area (Å²) in [6, 6.07) is 11.2. The largest absolute Gasteiger partial charge is 0.362 e. The quantitative estimate of drug-likeness (QED) is 0.901. The number of para-hydroxylation sites is 1. The van der Waals surface area contributed by atoms with Crippen molar-refractivity contribution in [1.82, 2.24) is 10.3 Å². The van der Waals surface area contributed by atoms with Crippen LogP contribution in [0.15, 0.2) is 42.6 Å². The van der Waals surface area contributed by atoms with E-state index in [2.05, 4.69) is 15.6 Å². The molecule has 2 aromatic rings. The first-order valence-corrected chi connectivity index (χ1v) is 7.84. The van der Waals surface area contributed by atoms with Crippen molar-refractivity contribution in [3.8, 4) is 0 Å². The maximum Gasteiger partial charge on any atom is 0.228 e. The predicted molar refractivity (Wildman–Crippen MR) is 92.8 cm³/mol. The number of anilines is 2. The number of benzene rings is 1. The van der Waals surface area contributed by atoms with E-state index in [0.29, 0.717) is 12.2 Å². The Morgan fingerprint density at radius 2 is 2.08 bits per heavy atom. The van der Waals surface area contributed by atoms with Crippen LogP contribution in [0.5, 0.6) is 0 Å². The number of aromatic nitrogens is 1. The molecule has 2 amide bonds. The zero-order chi connectivity index (χ0) is 17.1. The van der Waals surface area contributed by atoms with Gasteiger partial charge in [0.2, 0.25) is 11.8 Å². The van der Waals surface area contributed by atoms with E-state index in [1.165, 1.54) is 0 Å². The number of rotatable bonds is 4. The summed E-state index contributed by atoms with van der Waals surface area (Å²) in [6.07, 6.45) is 1.89. The third kappa shape index (κ3) is 3.22. The van der Waals surface area contributed by atoms with E-state index in [9.17, 15) is 9.59 Å². The van der Waals surface area contributed by atoms with Crippen molar-refractivity contribution in [3.63, 3.8) is 0 Å². The standard InChI is InChI=1S/C18H20N4O2/c1-22(2)17-12(6-5-9-19-17)11-20-18(24)14-10-16(23)21-15-8-4-3-7-13(14)15/h3-9,14H,10-11H2,1-2H3,(H,20,24)(H,21,23)/t14-/m0/s1. The Hall–Kier alpha value is -2.89. The molecule has 0 unspecified atom stereocenters. The summed E-state index contributed by atoms with van der Waals surface area (Å²) in [5.74, 6) is 0.0732. The van der Waals surface area contributed by atoms with Crippen LogP contribution in [0.2, 0.25) is 0 Å². The van der Waals surface area contributed by atoms with Crippen LogP contribution in [0.25, 0.3) is 0 Å². The average molecular weight is 324 g/mol. The van der Waals surface area contributed by atoms with Crippen molar-refractivity contribution in [1.29, 1.82) is 0 Å². The molecule has 0 saturated carbocycles. The van der Waals surface area contributed by atoms with Crippen LogP contribution in [0.3, 0.4) is 0 Å². The number of fused-ring (bicyclic) bond motifs is 1. The van der Waals surface area contributed by atoms with Crippen molar-refractivity contribution in [2.24, 2.45) is 0 Å². The first kappa shape index (κ1) is 16.0. The molecule has 1 aromatic carbocycles. The fourth-order valence-electron chi connectivity index (χ4n) is 2.92. The normalized spacial score (nSPS) is 16.1. The molecular weight excluding hydrogens is 304 g/mol. The fourth-order valence-corrected chi connectivity index (χ4v) is 2.92. The van der Waals surface area contributed by atoms with E-state index in [4.69, 9.17) is 0 Å². The van der Waals surface area contributed by atoms with Crippen LogP contribution in [0.1, 0.15) is 23.5 Å². The van der Waals surface area contributed by atoms with Gasteiger partial charge in [0, 0.05) is 44.5 Å². The van der Waals surface area contributed by atoms with Gasteiger partial charge in [-0.2, -0.15) is 0 Å². The Labute approximate surface area is 140 Å². The summed E-state index contributed by atoms with van der Waals surface area (Å²) in [5.41, 5.74) is 2.50. The molecule has 0 aliphatic carbocycles. The van der Waals surface area contributed by atoms with Gasteiger partial charge in [-0.15, -0.1) is 0 Å². The van der Waals surface area contributed by atoms with Gasteiger partial charge in [-0.25, -0.2) is 4.98 Å². The zero-order valence-electron chi connectivity index (χ0n) is 13.7. The Balaban J connectivity index is 1.76. The number of amides is 2. The number of hydrogen-bond acceptors (Lipinski definition) is 4. The lowest BCUT2D eigenvalue weighted by Crippen LogP contribution is -2.35. The Morgan fingerprint density at radius 3 is 2.88 bits per heavy atom. The van der Waals surface area contributed by atoms with E-state index >= 15 is 0 Å². The van der Waals surface area contributed by atoms with E-state index in [0.717, 1.165) is 16.9 Å².